The van der Waals surface area contributed by atoms with Crippen molar-refractivity contribution in [3.05, 3.63) is 34.1 Å². The molecule has 1 N–H and O–H groups in total. The second-order valence-electron chi connectivity index (χ2n) is 5.41. The minimum atomic E-state index is -0.224. The van der Waals surface area contributed by atoms with E-state index in [4.69, 9.17) is 4.74 Å². The third kappa shape index (κ3) is 3.39. The Morgan fingerprint density at radius 2 is 2.25 bits per heavy atom. The van der Waals surface area contributed by atoms with Crippen molar-refractivity contribution < 1.29 is 9.13 Å². The summed E-state index contributed by atoms with van der Waals surface area (Å²) in [5.41, 5.74) is 1.08. The fraction of sp³-hybridized carbons (Fsp3) is 0.600. The van der Waals surface area contributed by atoms with Crippen molar-refractivity contribution in [3.8, 4) is 0 Å². The lowest BCUT2D eigenvalue weighted by molar-refractivity contribution is -0.0817. The third-order valence-electron chi connectivity index (χ3n) is 3.74. The van der Waals surface area contributed by atoms with Gasteiger partial charge in [-0.25, -0.2) is 4.39 Å². The zero-order valence-electron chi connectivity index (χ0n) is 12.2. The quantitative estimate of drug-likeness (QED) is 0.908. The largest absolute Gasteiger partial charge is 0.374 e. The Morgan fingerprint density at radius 1 is 1.50 bits per heavy atom. The van der Waals surface area contributed by atoms with Crippen LogP contribution in [0.3, 0.4) is 0 Å². The summed E-state index contributed by atoms with van der Waals surface area (Å²) in [4.78, 5) is 2.42. The van der Waals surface area contributed by atoms with Crippen LogP contribution in [0.5, 0.6) is 0 Å². The number of hydrogen-bond donors (Lipinski definition) is 1. The van der Waals surface area contributed by atoms with Crippen molar-refractivity contribution in [1.29, 1.82) is 0 Å². The van der Waals surface area contributed by atoms with Crippen molar-refractivity contribution in [1.82, 2.24) is 10.2 Å². The maximum Gasteiger partial charge on any atom is 0.124 e. The normalized spacial score (nSPS) is 24.3. The number of benzene rings is 1. The average Bonchev–Trinajstić information content (AvgIpc) is 2.39. The predicted molar refractivity (Wildman–Crippen MR) is 82.3 cm³/mol. The fourth-order valence-electron chi connectivity index (χ4n) is 2.82. The summed E-state index contributed by atoms with van der Waals surface area (Å²) in [5, 5.41) is 3.19. The number of morpholine rings is 1. The molecule has 1 aromatic carbocycles. The molecule has 1 aliphatic rings. The van der Waals surface area contributed by atoms with Crippen LogP contribution in [0.1, 0.15) is 25.5 Å². The Morgan fingerprint density at radius 3 is 2.85 bits per heavy atom. The molecule has 1 fully saturated rings. The Balaban J connectivity index is 2.37. The number of halogens is 2. The van der Waals surface area contributed by atoms with Crippen molar-refractivity contribution in [3.63, 3.8) is 0 Å². The third-order valence-corrected chi connectivity index (χ3v) is 4.43. The van der Waals surface area contributed by atoms with E-state index in [0.717, 1.165) is 29.7 Å². The highest BCUT2D eigenvalue weighted by atomic mass is 79.9. The van der Waals surface area contributed by atoms with E-state index in [1.807, 2.05) is 13.1 Å². The maximum atomic E-state index is 13.3. The molecule has 0 aliphatic carbocycles. The van der Waals surface area contributed by atoms with Gasteiger partial charge in [-0.3, -0.25) is 4.90 Å². The van der Waals surface area contributed by atoms with Crippen LogP contribution in [0.2, 0.25) is 0 Å². The van der Waals surface area contributed by atoms with Crippen LogP contribution in [0.15, 0.2) is 22.7 Å². The molecular formula is C15H22BrFN2O. The first-order valence-electron chi connectivity index (χ1n) is 7.01. The Labute approximate surface area is 128 Å². The molecule has 2 unspecified atom stereocenters. The molecule has 1 aliphatic heterocycles. The molecule has 0 aromatic heterocycles. The Kier molecular flexibility index (Phi) is 5.55. The average molecular weight is 345 g/mol. The van der Waals surface area contributed by atoms with Crippen LogP contribution in [-0.4, -0.2) is 43.8 Å². The molecule has 0 radical (unpaired) electrons. The van der Waals surface area contributed by atoms with Crippen LogP contribution >= 0.6 is 15.9 Å². The van der Waals surface area contributed by atoms with Crippen molar-refractivity contribution in [2.45, 2.75) is 32.0 Å². The smallest absolute Gasteiger partial charge is 0.124 e. The summed E-state index contributed by atoms with van der Waals surface area (Å²) in [5.74, 6) is -0.224. The van der Waals surface area contributed by atoms with Gasteiger partial charge in [-0.1, -0.05) is 22.0 Å². The molecule has 3 nitrogen and oxygen atoms in total. The first-order valence-corrected chi connectivity index (χ1v) is 7.80. The predicted octanol–water partition coefficient (Wildman–Crippen LogP) is 2.96. The van der Waals surface area contributed by atoms with Crippen molar-refractivity contribution in [2.75, 3.05) is 26.7 Å². The zero-order valence-corrected chi connectivity index (χ0v) is 13.8. The monoisotopic (exact) mass is 344 g/mol. The Hall–Kier alpha value is -0.490. The van der Waals surface area contributed by atoms with Gasteiger partial charge in [-0.2, -0.15) is 0 Å². The van der Waals surface area contributed by atoms with Crippen LogP contribution in [0.4, 0.5) is 4.39 Å². The first-order chi connectivity index (χ1) is 9.54. The van der Waals surface area contributed by atoms with Gasteiger partial charge in [-0.15, -0.1) is 0 Å². The lowest BCUT2D eigenvalue weighted by Gasteiger charge is -2.44. The lowest BCUT2D eigenvalue weighted by Crippen LogP contribution is -2.51. The fourth-order valence-corrected chi connectivity index (χ4v) is 3.41. The summed E-state index contributed by atoms with van der Waals surface area (Å²) in [6, 6.07) is 5.45. The van der Waals surface area contributed by atoms with E-state index in [0.29, 0.717) is 6.04 Å². The van der Waals surface area contributed by atoms with Crippen LogP contribution < -0.4 is 5.32 Å². The van der Waals surface area contributed by atoms with Gasteiger partial charge in [0.25, 0.3) is 0 Å². The number of rotatable bonds is 4. The van der Waals surface area contributed by atoms with Gasteiger partial charge in [0.1, 0.15) is 5.82 Å². The van der Waals surface area contributed by atoms with Gasteiger partial charge in [-0.05, 0) is 38.6 Å². The first kappa shape index (κ1) is 15.9. The summed E-state index contributed by atoms with van der Waals surface area (Å²) in [7, 11) is 1.93. The molecule has 2 atom stereocenters. The molecule has 0 saturated carbocycles. The second-order valence-corrected chi connectivity index (χ2v) is 6.26. The Bertz CT molecular complexity index is 453. The molecule has 20 heavy (non-hydrogen) atoms. The molecule has 0 amide bonds. The number of hydrogen-bond acceptors (Lipinski definition) is 3. The highest BCUT2D eigenvalue weighted by Crippen LogP contribution is 2.35. The molecule has 1 heterocycles. The topological polar surface area (TPSA) is 24.5 Å². The minimum absolute atomic E-state index is 0.0675. The van der Waals surface area contributed by atoms with E-state index in [1.54, 1.807) is 0 Å². The standard InChI is InChI=1S/C15H22BrFN2O/c1-10(2)19-6-7-20-14(9-18-3)15(19)12-5-4-11(17)8-13(12)16/h4-5,8,10,14-15,18H,6-7,9H2,1-3H3. The molecule has 0 bridgehead atoms. The molecule has 112 valence electrons. The van der Waals surface area contributed by atoms with E-state index in [1.165, 1.54) is 12.1 Å². The van der Waals surface area contributed by atoms with Gasteiger partial charge in [0.05, 0.1) is 18.8 Å². The zero-order chi connectivity index (χ0) is 14.7. The summed E-state index contributed by atoms with van der Waals surface area (Å²) < 4.78 is 20.1. The molecule has 2 rings (SSSR count). The maximum absolute atomic E-state index is 13.3. The van der Waals surface area contributed by atoms with E-state index in [9.17, 15) is 4.39 Å². The van der Waals surface area contributed by atoms with Gasteiger partial charge < -0.3 is 10.1 Å². The molecular weight excluding hydrogens is 323 g/mol. The minimum Gasteiger partial charge on any atom is -0.374 e. The summed E-state index contributed by atoms with van der Waals surface area (Å²) >= 11 is 3.50. The number of nitrogens with one attached hydrogen (secondary N) is 1. The summed E-state index contributed by atoms with van der Waals surface area (Å²) in [6.07, 6.45) is 0.0675. The van der Waals surface area contributed by atoms with Gasteiger partial charge >= 0.3 is 0 Å². The highest BCUT2D eigenvalue weighted by molar-refractivity contribution is 9.10. The van der Waals surface area contributed by atoms with E-state index in [-0.39, 0.29) is 18.0 Å². The summed E-state index contributed by atoms with van der Waals surface area (Å²) in [6.45, 7) is 6.78. The number of ether oxygens (including phenoxy) is 1. The lowest BCUT2D eigenvalue weighted by atomic mass is 9.96. The highest BCUT2D eigenvalue weighted by Gasteiger charge is 2.35. The molecule has 1 saturated heterocycles. The van der Waals surface area contributed by atoms with Crippen molar-refractivity contribution in [2.24, 2.45) is 0 Å². The van der Waals surface area contributed by atoms with E-state index < -0.39 is 0 Å². The van der Waals surface area contributed by atoms with Crippen LogP contribution in [0, 0.1) is 5.82 Å². The van der Waals surface area contributed by atoms with Crippen LogP contribution in [0.25, 0.3) is 0 Å². The second kappa shape index (κ2) is 6.98. The number of likely N-dealkylation sites (N-methyl/N-ethyl adjacent to an activating group) is 1. The molecule has 5 heteroatoms. The van der Waals surface area contributed by atoms with Gasteiger partial charge in [0.2, 0.25) is 0 Å². The van der Waals surface area contributed by atoms with E-state index >= 15 is 0 Å². The van der Waals surface area contributed by atoms with Crippen molar-refractivity contribution >= 4 is 15.9 Å². The molecule has 1 aromatic rings. The SMILES string of the molecule is CNCC1OCCN(C(C)C)C1c1ccc(F)cc1Br. The van der Waals surface area contributed by atoms with Gasteiger partial charge in [0, 0.05) is 23.6 Å². The van der Waals surface area contributed by atoms with Crippen LogP contribution in [-0.2, 0) is 4.74 Å². The number of nitrogens with zero attached hydrogens (tertiary/aromatic N) is 1. The molecule has 0 spiro atoms. The van der Waals surface area contributed by atoms with E-state index in [2.05, 4.69) is 40.0 Å². The van der Waals surface area contributed by atoms with Gasteiger partial charge in [0.15, 0.2) is 0 Å².